The number of thiophene rings is 1. The maximum Gasteiger partial charge on any atom is 0.131 e. The summed E-state index contributed by atoms with van der Waals surface area (Å²) >= 11 is 1.70. The van der Waals surface area contributed by atoms with Gasteiger partial charge >= 0.3 is 0 Å². The Morgan fingerprint density at radius 1 is 1.06 bits per heavy atom. The molecule has 0 bridgehead atoms. The SMILES string of the molecule is Nc1nccc2ccc(-c3ccsc3)cc12. The number of hydrogen-bond acceptors (Lipinski definition) is 3. The molecule has 3 aromatic rings. The lowest BCUT2D eigenvalue weighted by Crippen LogP contribution is -1.90. The van der Waals surface area contributed by atoms with E-state index in [1.54, 1.807) is 17.5 Å². The molecule has 2 N–H and O–H groups in total. The average molecular weight is 226 g/mol. The van der Waals surface area contributed by atoms with Crippen LogP contribution in [-0.2, 0) is 0 Å². The predicted molar refractivity (Wildman–Crippen MR) is 69.5 cm³/mol. The number of rotatable bonds is 1. The van der Waals surface area contributed by atoms with Gasteiger partial charge < -0.3 is 5.73 Å². The molecule has 0 amide bonds. The minimum Gasteiger partial charge on any atom is -0.383 e. The monoisotopic (exact) mass is 226 g/mol. The third-order valence-electron chi connectivity index (χ3n) is 2.65. The molecular weight excluding hydrogens is 216 g/mol. The van der Waals surface area contributed by atoms with Gasteiger partial charge in [0.1, 0.15) is 5.82 Å². The van der Waals surface area contributed by atoms with E-state index in [2.05, 4.69) is 40.0 Å². The van der Waals surface area contributed by atoms with Crippen LogP contribution in [0.2, 0.25) is 0 Å². The smallest absolute Gasteiger partial charge is 0.131 e. The Bertz CT molecular complexity index is 629. The van der Waals surface area contributed by atoms with Crippen LogP contribution >= 0.6 is 11.3 Å². The molecule has 0 spiro atoms. The van der Waals surface area contributed by atoms with Gasteiger partial charge in [-0.25, -0.2) is 4.98 Å². The molecule has 0 aliphatic carbocycles. The van der Waals surface area contributed by atoms with Crippen LogP contribution in [0.4, 0.5) is 5.82 Å². The number of pyridine rings is 1. The molecule has 0 fully saturated rings. The summed E-state index contributed by atoms with van der Waals surface area (Å²) in [4.78, 5) is 4.11. The highest BCUT2D eigenvalue weighted by Crippen LogP contribution is 2.27. The van der Waals surface area contributed by atoms with Crippen molar-refractivity contribution in [2.24, 2.45) is 0 Å². The number of hydrogen-bond donors (Lipinski definition) is 1. The first kappa shape index (κ1) is 9.36. The van der Waals surface area contributed by atoms with E-state index in [4.69, 9.17) is 5.73 Å². The zero-order chi connectivity index (χ0) is 11.0. The highest BCUT2D eigenvalue weighted by Gasteiger charge is 2.02. The van der Waals surface area contributed by atoms with E-state index in [1.165, 1.54) is 11.1 Å². The third-order valence-corrected chi connectivity index (χ3v) is 3.33. The number of fused-ring (bicyclic) bond motifs is 1. The number of nitrogens with two attached hydrogens (primary N) is 1. The van der Waals surface area contributed by atoms with E-state index in [1.807, 2.05) is 6.07 Å². The van der Waals surface area contributed by atoms with Gasteiger partial charge in [-0.2, -0.15) is 11.3 Å². The third kappa shape index (κ3) is 1.46. The maximum absolute atomic E-state index is 5.87. The summed E-state index contributed by atoms with van der Waals surface area (Å²) in [6, 6.07) is 10.4. The topological polar surface area (TPSA) is 38.9 Å². The average Bonchev–Trinajstić information content (AvgIpc) is 2.83. The normalized spacial score (nSPS) is 10.8. The molecule has 0 radical (unpaired) electrons. The summed E-state index contributed by atoms with van der Waals surface area (Å²) in [5.41, 5.74) is 8.29. The summed E-state index contributed by atoms with van der Waals surface area (Å²) in [6.07, 6.45) is 1.74. The van der Waals surface area contributed by atoms with Crippen molar-refractivity contribution in [2.45, 2.75) is 0 Å². The minimum atomic E-state index is 0.592. The lowest BCUT2D eigenvalue weighted by atomic mass is 10.0. The van der Waals surface area contributed by atoms with Gasteiger partial charge in [0, 0.05) is 11.6 Å². The van der Waals surface area contributed by atoms with Crippen molar-refractivity contribution in [2.75, 3.05) is 5.73 Å². The molecule has 0 saturated carbocycles. The van der Waals surface area contributed by atoms with Gasteiger partial charge in [0.05, 0.1) is 0 Å². The molecule has 0 aliphatic rings. The van der Waals surface area contributed by atoms with Crippen LogP contribution in [0.15, 0.2) is 47.3 Å². The van der Waals surface area contributed by atoms with E-state index < -0.39 is 0 Å². The summed E-state index contributed by atoms with van der Waals surface area (Å²) in [7, 11) is 0. The number of nitrogen functional groups attached to an aromatic ring is 1. The molecule has 3 heteroatoms. The Labute approximate surface area is 97.4 Å². The van der Waals surface area contributed by atoms with Gasteiger partial charge in [-0.3, -0.25) is 0 Å². The van der Waals surface area contributed by atoms with Crippen molar-refractivity contribution in [3.05, 3.63) is 47.3 Å². The molecule has 0 atom stereocenters. The second kappa shape index (κ2) is 3.61. The van der Waals surface area contributed by atoms with Gasteiger partial charge in [0.2, 0.25) is 0 Å². The maximum atomic E-state index is 5.87. The summed E-state index contributed by atoms with van der Waals surface area (Å²) in [6.45, 7) is 0. The summed E-state index contributed by atoms with van der Waals surface area (Å²) < 4.78 is 0. The first-order valence-electron chi connectivity index (χ1n) is 5.01. The lowest BCUT2D eigenvalue weighted by Gasteiger charge is -2.03. The molecule has 2 heterocycles. The Hall–Kier alpha value is -1.87. The molecular formula is C13H10N2S. The van der Waals surface area contributed by atoms with Crippen molar-refractivity contribution >= 4 is 27.9 Å². The summed E-state index contributed by atoms with van der Waals surface area (Å²) in [5, 5.41) is 6.36. The van der Waals surface area contributed by atoms with Crippen molar-refractivity contribution < 1.29 is 0 Å². The summed E-state index contributed by atoms with van der Waals surface area (Å²) in [5.74, 6) is 0.592. The van der Waals surface area contributed by atoms with Crippen molar-refractivity contribution in [1.82, 2.24) is 4.98 Å². The number of nitrogens with zero attached hydrogens (tertiary/aromatic N) is 1. The van der Waals surface area contributed by atoms with Crippen LogP contribution in [0.1, 0.15) is 0 Å². The molecule has 16 heavy (non-hydrogen) atoms. The first-order valence-corrected chi connectivity index (χ1v) is 5.96. The first-order chi connectivity index (χ1) is 7.84. The van der Waals surface area contributed by atoms with Crippen molar-refractivity contribution in [3.63, 3.8) is 0 Å². The van der Waals surface area contributed by atoms with Crippen LogP contribution in [-0.4, -0.2) is 4.98 Å². The Morgan fingerprint density at radius 2 is 2.00 bits per heavy atom. The zero-order valence-electron chi connectivity index (χ0n) is 8.55. The molecule has 0 saturated heterocycles. The molecule has 0 aliphatic heterocycles. The van der Waals surface area contributed by atoms with Gasteiger partial charge in [-0.15, -0.1) is 0 Å². The molecule has 2 nitrogen and oxygen atoms in total. The Balaban J connectivity index is 2.27. The minimum absolute atomic E-state index is 0.592. The van der Waals surface area contributed by atoms with E-state index in [9.17, 15) is 0 Å². The lowest BCUT2D eigenvalue weighted by molar-refractivity contribution is 1.37. The van der Waals surface area contributed by atoms with Crippen LogP contribution in [0.3, 0.4) is 0 Å². The predicted octanol–water partition coefficient (Wildman–Crippen LogP) is 3.55. The Morgan fingerprint density at radius 3 is 2.81 bits per heavy atom. The van der Waals surface area contributed by atoms with Crippen LogP contribution in [0.25, 0.3) is 21.9 Å². The van der Waals surface area contributed by atoms with Crippen LogP contribution in [0, 0.1) is 0 Å². The second-order valence-corrected chi connectivity index (χ2v) is 4.42. The van der Waals surface area contributed by atoms with Gasteiger partial charge in [0.25, 0.3) is 0 Å². The fourth-order valence-corrected chi connectivity index (χ4v) is 2.46. The van der Waals surface area contributed by atoms with Crippen LogP contribution in [0.5, 0.6) is 0 Å². The van der Waals surface area contributed by atoms with Crippen molar-refractivity contribution in [3.8, 4) is 11.1 Å². The van der Waals surface area contributed by atoms with Gasteiger partial charge in [-0.1, -0.05) is 12.1 Å². The van der Waals surface area contributed by atoms with E-state index >= 15 is 0 Å². The van der Waals surface area contributed by atoms with Crippen molar-refractivity contribution in [1.29, 1.82) is 0 Å². The van der Waals surface area contributed by atoms with E-state index in [-0.39, 0.29) is 0 Å². The van der Waals surface area contributed by atoms with E-state index in [0.29, 0.717) is 5.82 Å². The number of aromatic nitrogens is 1. The van der Waals surface area contributed by atoms with Gasteiger partial charge in [0.15, 0.2) is 0 Å². The number of anilines is 1. The fourth-order valence-electron chi connectivity index (χ4n) is 1.80. The van der Waals surface area contributed by atoms with E-state index in [0.717, 1.165) is 10.8 Å². The highest BCUT2D eigenvalue weighted by atomic mass is 32.1. The molecule has 2 aromatic heterocycles. The quantitative estimate of drug-likeness (QED) is 0.689. The van der Waals surface area contributed by atoms with Gasteiger partial charge in [-0.05, 0) is 45.5 Å². The molecule has 0 unspecified atom stereocenters. The standard InChI is InChI=1S/C13H10N2S/c14-13-12-7-10(11-4-6-16-8-11)2-1-9(12)3-5-15-13/h1-8H,(H2,14,15). The largest absolute Gasteiger partial charge is 0.383 e. The molecule has 78 valence electrons. The molecule has 1 aromatic carbocycles. The highest BCUT2D eigenvalue weighted by molar-refractivity contribution is 7.08. The fraction of sp³-hybridized carbons (Fsp3) is 0. The number of benzene rings is 1. The Kier molecular flexibility index (Phi) is 2.11. The molecule has 3 rings (SSSR count). The second-order valence-electron chi connectivity index (χ2n) is 3.64. The zero-order valence-corrected chi connectivity index (χ0v) is 9.37. The van der Waals surface area contributed by atoms with Crippen LogP contribution < -0.4 is 5.73 Å².